The second-order valence-corrected chi connectivity index (χ2v) is 6.56. The first-order valence-corrected chi connectivity index (χ1v) is 6.50. The molecule has 2 atom stereocenters. The van der Waals surface area contributed by atoms with Gasteiger partial charge in [0.15, 0.2) is 0 Å². The lowest BCUT2D eigenvalue weighted by atomic mass is 10.0. The van der Waals surface area contributed by atoms with Crippen LogP contribution in [0.15, 0.2) is 0 Å². The Morgan fingerprint density at radius 1 is 1.45 bits per heavy atom. The molecule has 7 heteroatoms. The molecule has 116 valence electrons. The van der Waals surface area contributed by atoms with Gasteiger partial charge in [0.05, 0.1) is 6.54 Å². The molecule has 2 unspecified atom stereocenters. The Bertz CT molecular complexity index is 394. The standard InChI is InChI=1S/C13H23FN2O4/c1-12(2,3)20-11(19)16-8-13(14,7-15(4)5)6-9(16)10(17)18/h9H,6-8H2,1-5H3,(H,17,18). The first-order chi connectivity index (χ1) is 8.93. The number of carbonyl (C=O) groups excluding carboxylic acids is 1. The average molecular weight is 290 g/mol. The van der Waals surface area contributed by atoms with E-state index in [-0.39, 0.29) is 19.5 Å². The number of hydrogen-bond donors (Lipinski definition) is 1. The van der Waals surface area contributed by atoms with E-state index in [1.165, 1.54) is 0 Å². The van der Waals surface area contributed by atoms with Crippen LogP contribution in [-0.4, -0.2) is 71.5 Å². The summed E-state index contributed by atoms with van der Waals surface area (Å²) >= 11 is 0. The quantitative estimate of drug-likeness (QED) is 0.849. The molecule has 0 bridgehead atoms. The summed E-state index contributed by atoms with van der Waals surface area (Å²) in [7, 11) is 3.40. The van der Waals surface area contributed by atoms with E-state index in [2.05, 4.69) is 0 Å². The summed E-state index contributed by atoms with van der Waals surface area (Å²) in [5.41, 5.74) is -2.48. The molecule has 0 aliphatic carbocycles. The van der Waals surface area contributed by atoms with Gasteiger partial charge in [-0.3, -0.25) is 4.90 Å². The van der Waals surface area contributed by atoms with Crippen molar-refractivity contribution in [3.8, 4) is 0 Å². The molecule has 1 heterocycles. The highest BCUT2D eigenvalue weighted by molar-refractivity contribution is 5.81. The Morgan fingerprint density at radius 3 is 2.40 bits per heavy atom. The van der Waals surface area contributed by atoms with Gasteiger partial charge in [-0.25, -0.2) is 14.0 Å². The molecule has 0 aromatic heterocycles. The van der Waals surface area contributed by atoms with E-state index in [1.54, 1.807) is 39.8 Å². The number of hydrogen-bond acceptors (Lipinski definition) is 4. The van der Waals surface area contributed by atoms with Gasteiger partial charge in [0.2, 0.25) is 0 Å². The maximum atomic E-state index is 14.7. The van der Waals surface area contributed by atoms with Gasteiger partial charge in [0.1, 0.15) is 17.3 Å². The highest BCUT2D eigenvalue weighted by atomic mass is 19.1. The van der Waals surface area contributed by atoms with Crippen LogP contribution in [0, 0.1) is 0 Å². The summed E-state index contributed by atoms with van der Waals surface area (Å²) in [6.07, 6.45) is -1.01. The lowest BCUT2D eigenvalue weighted by molar-refractivity contribution is -0.142. The SMILES string of the molecule is CN(C)CC1(F)CC(C(=O)O)N(C(=O)OC(C)(C)C)C1. The van der Waals surface area contributed by atoms with Crippen LogP contribution < -0.4 is 0 Å². The van der Waals surface area contributed by atoms with Crippen molar-refractivity contribution in [1.82, 2.24) is 9.80 Å². The molecule has 20 heavy (non-hydrogen) atoms. The maximum Gasteiger partial charge on any atom is 0.411 e. The monoisotopic (exact) mass is 290 g/mol. The number of nitrogens with zero attached hydrogens (tertiary/aromatic N) is 2. The lowest BCUT2D eigenvalue weighted by Gasteiger charge is -2.27. The van der Waals surface area contributed by atoms with Crippen LogP contribution in [0.5, 0.6) is 0 Å². The molecule has 0 aromatic rings. The van der Waals surface area contributed by atoms with E-state index in [0.29, 0.717) is 0 Å². The maximum absolute atomic E-state index is 14.7. The van der Waals surface area contributed by atoms with Crippen molar-refractivity contribution >= 4 is 12.1 Å². The van der Waals surface area contributed by atoms with E-state index >= 15 is 0 Å². The Balaban J connectivity index is 2.88. The smallest absolute Gasteiger partial charge is 0.411 e. The molecule has 0 saturated carbocycles. The number of rotatable bonds is 3. The molecule has 1 N–H and O–H groups in total. The van der Waals surface area contributed by atoms with Gasteiger partial charge >= 0.3 is 12.1 Å². The summed E-state index contributed by atoms with van der Waals surface area (Å²) < 4.78 is 19.8. The zero-order chi connectivity index (χ0) is 15.7. The molecule has 0 radical (unpaired) electrons. The number of carboxylic acids is 1. The molecule has 1 fully saturated rings. The first kappa shape index (κ1) is 16.7. The second kappa shape index (κ2) is 5.55. The number of halogens is 1. The fourth-order valence-electron chi connectivity index (χ4n) is 2.35. The third kappa shape index (κ3) is 4.33. The molecule has 0 spiro atoms. The van der Waals surface area contributed by atoms with Crippen molar-refractivity contribution in [3.05, 3.63) is 0 Å². The van der Waals surface area contributed by atoms with Gasteiger partial charge < -0.3 is 14.7 Å². The third-order valence-corrected chi connectivity index (χ3v) is 2.90. The number of carboxylic acid groups (broad SMARTS) is 1. The Labute approximate surface area is 118 Å². The van der Waals surface area contributed by atoms with Crippen LogP contribution in [0.2, 0.25) is 0 Å². The Kier molecular flexibility index (Phi) is 4.63. The summed E-state index contributed by atoms with van der Waals surface area (Å²) in [6, 6.07) is -1.19. The molecular weight excluding hydrogens is 267 g/mol. The topological polar surface area (TPSA) is 70.1 Å². The predicted octanol–water partition coefficient (Wildman–Crippen LogP) is 1.35. The van der Waals surface area contributed by atoms with Gasteiger partial charge in [-0.2, -0.15) is 0 Å². The van der Waals surface area contributed by atoms with E-state index < -0.39 is 29.4 Å². The summed E-state index contributed by atoms with van der Waals surface area (Å²) in [4.78, 5) is 25.8. The molecule has 1 aliphatic heterocycles. The Hall–Kier alpha value is -1.37. The van der Waals surface area contributed by atoms with Gasteiger partial charge in [0, 0.05) is 13.0 Å². The third-order valence-electron chi connectivity index (χ3n) is 2.90. The molecule has 1 saturated heterocycles. The normalized spacial score (nSPS) is 26.9. The zero-order valence-corrected chi connectivity index (χ0v) is 12.6. The molecular formula is C13H23FN2O4. The van der Waals surface area contributed by atoms with Crippen molar-refractivity contribution in [2.75, 3.05) is 27.2 Å². The highest BCUT2D eigenvalue weighted by Gasteiger charge is 2.50. The van der Waals surface area contributed by atoms with Crippen LogP contribution >= 0.6 is 0 Å². The van der Waals surface area contributed by atoms with Crippen molar-refractivity contribution in [2.45, 2.75) is 44.5 Å². The first-order valence-electron chi connectivity index (χ1n) is 6.50. The van der Waals surface area contributed by atoms with Gasteiger partial charge in [-0.05, 0) is 34.9 Å². The van der Waals surface area contributed by atoms with Crippen LogP contribution in [0.3, 0.4) is 0 Å². The van der Waals surface area contributed by atoms with Crippen LogP contribution in [0.1, 0.15) is 27.2 Å². The number of carbonyl (C=O) groups is 2. The van der Waals surface area contributed by atoms with E-state index in [0.717, 1.165) is 4.90 Å². The predicted molar refractivity (Wildman–Crippen MR) is 71.4 cm³/mol. The second-order valence-electron chi connectivity index (χ2n) is 6.56. The number of ether oxygens (including phenoxy) is 1. The van der Waals surface area contributed by atoms with Crippen molar-refractivity contribution < 1.29 is 23.8 Å². The fourth-order valence-corrected chi connectivity index (χ4v) is 2.35. The van der Waals surface area contributed by atoms with Crippen molar-refractivity contribution in [1.29, 1.82) is 0 Å². The highest BCUT2D eigenvalue weighted by Crippen LogP contribution is 2.32. The summed E-state index contributed by atoms with van der Waals surface area (Å²) in [5.74, 6) is -1.21. The van der Waals surface area contributed by atoms with Crippen LogP contribution in [-0.2, 0) is 9.53 Å². The largest absolute Gasteiger partial charge is 0.480 e. The van der Waals surface area contributed by atoms with E-state index in [4.69, 9.17) is 9.84 Å². The Morgan fingerprint density at radius 2 is 2.00 bits per heavy atom. The van der Waals surface area contributed by atoms with Crippen LogP contribution in [0.25, 0.3) is 0 Å². The van der Waals surface area contributed by atoms with Crippen LogP contribution in [0.4, 0.5) is 9.18 Å². The van der Waals surface area contributed by atoms with Gasteiger partial charge in [0.25, 0.3) is 0 Å². The summed E-state index contributed by atoms with van der Waals surface area (Å²) in [5, 5.41) is 9.17. The minimum Gasteiger partial charge on any atom is -0.480 e. The number of likely N-dealkylation sites (tertiary alicyclic amines) is 1. The van der Waals surface area contributed by atoms with Gasteiger partial charge in [-0.15, -0.1) is 0 Å². The number of amides is 1. The lowest BCUT2D eigenvalue weighted by Crippen LogP contribution is -2.44. The average Bonchev–Trinajstić information content (AvgIpc) is 2.52. The fraction of sp³-hybridized carbons (Fsp3) is 0.846. The minimum absolute atomic E-state index is 0.0656. The molecule has 0 aromatic carbocycles. The summed E-state index contributed by atoms with van der Waals surface area (Å²) in [6.45, 7) is 4.84. The minimum atomic E-state index is -1.73. The van der Waals surface area contributed by atoms with E-state index in [1.807, 2.05) is 0 Å². The van der Waals surface area contributed by atoms with Crippen molar-refractivity contribution in [3.63, 3.8) is 0 Å². The van der Waals surface area contributed by atoms with E-state index in [9.17, 15) is 14.0 Å². The molecule has 1 amide bonds. The van der Waals surface area contributed by atoms with Crippen molar-refractivity contribution in [2.24, 2.45) is 0 Å². The number of aliphatic carboxylic acids is 1. The molecule has 1 rings (SSSR count). The molecule has 6 nitrogen and oxygen atoms in total. The zero-order valence-electron chi connectivity index (χ0n) is 12.6. The van der Waals surface area contributed by atoms with Gasteiger partial charge in [-0.1, -0.05) is 0 Å². The molecule has 1 aliphatic rings. The number of alkyl halides is 1.